The number of nitro groups is 1. The van der Waals surface area contributed by atoms with Crippen molar-refractivity contribution in [3.63, 3.8) is 0 Å². The van der Waals surface area contributed by atoms with Gasteiger partial charge in [0.05, 0.1) is 19.1 Å². The van der Waals surface area contributed by atoms with Crippen molar-refractivity contribution in [2.75, 3.05) is 20.8 Å². The monoisotopic (exact) mass is 250 g/mol. The van der Waals surface area contributed by atoms with Crippen molar-refractivity contribution in [3.8, 4) is 11.5 Å². The first kappa shape index (κ1) is 12.2. The lowest BCUT2D eigenvalue weighted by molar-refractivity contribution is -0.401. The number of benzene rings is 1. The Morgan fingerprint density at radius 2 is 2.00 bits per heavy atom. The molecule has 0 unspecified atom stereocenters. The Morgan fingerprint density at radius 3 is 2.61 bits per heavy atom. The van der Waals surface area contributed by atoms with E-state index < -0.39 is 4.92 Å². The van der Waals surface area contributed by atoms with Crippen LogP contribution >= 0.6 is 0 Å². The summed E-state index contributed by atoms with van der Waals surface area (Å²) < 4.78 is 10.4. The van der Waals surface area contributed by atoms with Crippen LogP contribution in [0.15, 0.2) is 18.3 Å². The van der Waals surface area contributed by atoms with Gasteiger partial charge in [-0.05, 0) is 24.1 Å². The highest BCUT2D eigenvalue weighted by Gasteiger charge is 2.19. The van der Waals surface area contributed by atoms with E-state index in [0.29, 0.717) is 23.7 Å². The number of rotatable bonds is 3. The van der Waals surface area contributed by atoms with Crippen LogP contribution in [0.2, 0.25) is 0 Å². The van der Waals surface area contributed by atoms with Crippen LogP contribution in [0, 0.1) is 10.1 Å². The number of ether oxygens (including phenoxy) is 2. The SMILES string of the molecule is COc1cc2c(cc1OC)C(=C[N+](=O)[O-])NCC2. The maximum Gasteiger partial charge on any atom is 0.258 e. The molecule has 6 heteroatoms. The lowest BCUT2D eigenvalue weighted by atomic mass is 9.97. The van der Waals surface area contributed by atoms with Crippen molar-refractivity contribution in [2.24, 2.45) is 0 Å². The van der Waals surface area contributed by atoms with E-state index in [4.69, 9.17) is 9.47 Å². The van der Waals surface area contributed by atoms with Gasteiger partial charge in [-0.25, -0.2) is 0 Å². The first-order valence-electron chi connectivity index (χ1n) is 5.50. The number of hydrogen-bond acceptors (Lipinski definition) is 5. The summed E-state index contributed by atoms with van der Waals surface area (Å²) in [6.45, 7) is 0.669. The Bertz CT molecular complexity index is 511. The van der Waals surface area contributed by atoms with Crippen LogP contribution in [0.1, 0.15) is 11.1 Å². The maximum absolute atomic E-state index is 10.6. The average molecular weight is 250 g/mol. The minimum absolute atomic E-state index is 0.464. The zero-order valence-electron chi connectivity index (χ0n) is 10.2. The molecule has 1 heterocycles. The number of nitrogens with one attached hydrogen (secondary N) is 1. The molecule has 0 radical (unpaired) electrons. The van der Waals surface area contributed by atoms with Crippen molar-refractivity contribution in [1.29, 1.82) is 0 Å². The number of fused-ring (bicyclic) bond motifs is 1. The predicted molar refractivity (Wildman–Crippen MR) is 66.2 cm³/mol. The summed E-state index contributed by atoms with van der Waals surface area (Å²) in [6.07, 6.45) is 1.77. The van der Waals surface area contributed by atoms with E-state index in [0.717, 1.165) is 23.7 Å². The summed E-state index contributed by atoms with van der Waals surface area (Å²) in [6, 6.07) is 3.62. The van der Waals surface area contributed by atoms with Crippen LogP contribution in [0.5, 0.6) is 11.5 Å². The highest BCUT2D eigenvalue weighted by molar-refractivity contribution is 5.70. The third-order valence-electron chi connectivity index (χ3n) is 2.84. The molecule has 1 aliphatic heterocycles. The molecular formula is C12H14N2O4. The molecule has 18 heavy (non-hydrogen) atoms. The quantitative estimate of drug-likeness (QED) is 0.648. The van der Waals surface area contributed by atoms with Gasteiger partial charge < -0.3 is 14.8 Å². The van der Waals surface area contributed by atoms with Gasteiger partial charge >= 0.3 is 0 Å². The van der Waals surface area contributed by atoms with Crippen LogP contribution in [0.3, 0.4) is 0 Å². The molecule has 1 N–H and O–H groups in total. The molecule has 1 aliphatic rings. The third-order valence-corrected chi connectivity index (χ3v) is 2.84. The minimum Gasteiger partial charge on any atom is -0.493 e. The Balaban J connectivity index is 2.53. The molecule has 0 saturated carbocycles. The topological polar surface area (TPSA) is 73.6 Å². The van der Waals surface area contributed by atoms with Crippen LogP contribution in [0.25, 0.3) is 5.70 Å². The van der Waals surface area contributed by atoms with E-state index in [1.807, 2.05) is 6.07 Å². The molecule has 0 amide bonds. The standard InChI is InChI=1S/C12H14N2O4/c1-17-11-5-8-3-4-13-10(7-14(15)16)9(8)6-12(11)18-2/h5-7,13H,3-4H2,1-2H3. The van der Waals surface area contributed by atoms with Crippen molar-refractivity contribution >= 4 is 5.70 Å². The number of methoxy groups -OCH3 is 2. The van der Waals surface area contributed by atoms with Gasteiger partial charge in [0, 0.05) is 12.1 Å². The Kier molecular flexibility index (Phi) is 3.36. The van der Waals surface area contributed by atoms with E-state index >= 15 is 0 Å². The summed E-state index contributed by atoms with van der Waals surface area (Å²) in [5, 5.41) is 13.6. The summed E-state index contributed by atoms with van der Waals surface area (Å²) in [5.74, 6) is 1.20. The minimum atomic E-state index is -0.464. The maximum atomic E-state index is 10.6. The second kappa shape index (κ2) is 4.95. The highest BCUT2D eigenvalue weighted by Crippen LogP contribution is 2.34. The second-order valence-electron chi connectivity index (χ2n) is 3.87. The zero-order valence-corrected chi connectivity index (χ0v) is 10.2. The van der Waals surface area contributed by atoms with Crippen LogP contribution in [0.4, 0.5) is 0 Å². The lowest BCUT2D eigenvalue weighted by Crippen LogP contribution is -2.23. The van der Waals surface area contributed by atoms with Gasteiger partial charge in [0.25, 0.3) is 6.20 Å². The van der Waals surface area contributed by atoms with Gasteiger partial charge in [0.1, 0.15) is 5.70 Å². The van der Waals surface area contributed by atoms with E-state index in [1.54, 1.807) is 13.2 Å². The van der Waals surface area contributed by atoms with E-state index in [9.17, 15) is 10.1 Å². The fourth-order valence-electron chi connectivity index (χ4n) is 2.03. The largest absolute Gasteiger partial charge is 0.493 e. The van der Waals surface area contributed by atoms with Crippen LogP contribution in [-0.4, -0.2) is 25.7 Å². The molecule has 1 aromatic rings. The smallest absolute Gasteiger partial charge is 0.258 e. The van der Waals surface area contributed by atoms with E-state index in [-0.39, 0.29) is 0 Å². The average Bonchev–Trinajstić information content (AvgIpc) is 2.37. The van der Waals surface area contributed by atoms with Gasteiger partial charge in [-0.1, -0.05) is 0 Å². The summed E-state index contributed by atoms with van der Waals surface area (Å²) in [4.78, 5) is 10.1. The van der Waals surface area contributed by atoms with Crippen molar-refractivity contribution < 1.29 is 14.4 Å². The molecule has 0 aliphatic carbocycles. The molecule has 0 bridgehead atoms. The lowest BCUT2D eigenvalue weighted by Gasteiger charge is -2.21. The first-order valence-corrected chi connectivity index (χ1v) is 5.50. The zero-order chi connectivity index (χ0) is 13.1. The second-order valence-corrected chi connectivity index (χ2v) is 3.87. The van der Waals surface area contributed by atoms with Crippen molar-refractivity contribution in [2.45, 2.75) is 6.42 Å². The molecule has 0 atom stereocenters. The fourth-order valence-corrected chi connectivity index (χ4v) is 2.03. The fraction of sp³-hybridized carbons (Fsp3) is 0.333. The molecule has 0 spiro atoms. The number of nitrogens with zero attached hydrogens (tertiary/aromatic N) is 1. The normalized spacial score (nSPS) is 15.8. The third kappa shape index (κ3) is 2.22. The molecule has 2 rings (SSSR count). The number of hydrogen-bond donors (Lipinski definition) is 1. The molecule has 0 fully saturated rings. The highest BCUT2D eigenvalue weighted by atomic mass is 16.6. The van der Waals surface area contributed by atoms with Gasteiger partial charge in [-0.15, -0.1) is 0 Å². The molecule has 96 valence electrons. The molecule has 0 saturated heterocycles. The molecular weight excluding hydrogens is 236 g/mol. The predicted octanol–water partition coefficient (Wildman–Crippen LogP) is 1.42. The molecule has 6 nitrogen and oxygen atoms in total. The summed E-state index contributed by atoms with van der Waals surface area (Å²) >= 11 is 0. The Labute approximate surface area is 104 Å². The van der Waals surface area contributed by atoms with Gasteiger partial charge in [-0.3, -0.25) is 10.1 Å². The van der Waals surface area contributed by atoms with Crippen LogP contribution < -0.4 is 14.8 Å². The van der Waals surface area contributed by atoms with Gasteiger partial charge in [-0.2, -0.15) is 0 Å². The molecule has 0 aromatic heterocycles. The van der Waals surface area contributed by atoms with E-state index in [1.165, 1.54) is 7.11 Å². The first-order chi connectivity index (χ1) is 8.65. The van der Waals surface area contributed by atoms with Crippen molar-refractivity contribution in [3.05, 3.63) is 39.6 Å². The molecule has 1 aromatic carbocycles. The van der Waals surface area contributed by atoms with Crippen LogP contribution in [-0.2, 0) is 6.42 Å². The van der Waals surface area contributed by atoms with Crippen molar-refractivity contribution in [1.82, 2.24) is 5.32 Å². The summed E-state index contributed by atoms with van der Waals surface area (Å²) in [5.41, 5.74) is 2.30. The van der Waals surface area contributed by atoms with Gasteiger partial charge in [0.15, 0.2) is 11.5 Å². The summed E-state index contributed by atoms with van der Waals surface area (Å²) in [7, 11) is 3.11. The Hall–Kier alpha value is -2.24. The Morgan fingerprint density at radius 1 is 1.33 bits per heavy atom. The van der Waals surface area contributed by atoms with E-state index in [2.05, 4.69) is 5.32 Å². The van der Waals surface area contributed by atoms with Gasteiger partial charge in [0.2, 0.25) is 0 Å².